The van der Waals surface area contributed by atoms with E-state index < -0.39 is 12.4 Å². The molecule has 2 fully saturated rings. The van der Waals surface area contributed by atoms with Gasteiger partial charge in [-0.3, -0.25) is 0 Å². The molecule has 2 saturated heterocycles. The van der Waals surface area contributed by atoms with Gasteiger partial charge in [0.25, 0.3) is 0 Å². The third kappa shape index (κ3) is 1.42. The first-order valence-electron chi connectivity index (χ1n) is 8.47. The lowest BCUT2D eigenvalue weighted by Crippen LogP contribution is -2.55. The van der Waals surface area contributed by atoms with Gasteiger partial charge in [-0.1, -0.05) is 48.5 Å². The van der Waals surface area contributed by atoms with Crippen molar-refractivity contribution in [3.05, 3.63) is 70.8 Å². The van der Waals surface area contributed by atoms with Crippen molar-refractivity contribution in [2.75, 3.05) is 6.61 Å². The standard InChI is InChI=1S/C20H18O3/c21-19-18-16-12-7-3-1-5-10(12)15(11-6-2-4-8-13(11)16)17(18)14-9-22-20(19)23-14/h1-8,14-21H,9H2/t14-,15?,16?,17+,18-,19-,20-/m1/s1. The lowest BCUT2D eigenvalue weighted by molar-refractivity contribution is -0.202. The topological polar surface area (TPSA) is 38.7 Å². The molecule has 2 aromatic carbocycles. The minimum absolute atomic E-state index is 0.0996. The molecule has 0 saturated carbocycles. The summed E-state index contributed by atoms with van der Waals surface area (Å²) in [6.07, 6.45) is -0.893. The van der Waals surface area contributed by atoms with Crippen molar-refractivity contribution >= 4 is 0 Å². The lowest BCUT2D eigenvalue weighted by atomic mass is 9.51. The summed E-state index contributed by atoms with van der Waals surface area (Å²) in [4.78, 5) is 0. The number of hydrogen-bond donors (Lipinski definition) is 1. The highest BCUT2D eigenvalue weighted by Gasteiger charge is 2.61. The minimum atomic E-state index is -0.548. The Morgan fingerprint density at radius 2 is 1.30 bits per heavy atom. The maximum Gasteiger partial charge on any atom is 0.184 e. The van der Waals surface area contributed by atoms with Crippen LogP contribution >= 0.6 is 0 Å². The first kappa shape index (κ1) is 12.7. The van der Waals surface area contributed by atoms with Crippen molar-refractivity contribution in [2.24, 2.45) is 11.8 Å². The average molecular weight is 306 g/mol. The molecule has 1 N–H and O–H groups in total. The molecule has 4 bridgehead atoms. The quantitative estimate of drug-likeness (QED) is 0.813. The number of aliphatic hydroxyl groups is 1. The van der Waals surface area contributed by atoms with Gasteiger partial charge in [0.1, 0.15) is 6.10 Å². The largest absolute Gasteiger partial charge is 0.387 e. The minimum Gasteiger partial charge on any atom is -0.387 e. The molecule has 0 radical (unpaired) electrons. The number of benzene rings is 2. The van der Waals surface area contributed by atoms with E-state index >= 15 is 0 Å². The van der Waals surface area contributed by atoms with Gasteiger partial charge in [-0.05, 0) is 22.3 Å². The SMILES string of the molecule is O[C@H]1[C@@H]2OC[C@@H](O2)[C@H]2C3c4ccccc4C(c4ccccc43)[C@@H]12. The van der Waals surface area contributed by atoms with Crippen molar-refractivity contribution in [2.45, 2.75) is 30.3 Å². The van der Waals surface area contributed by atoms with Crippen LogP contribution in [0.4, 0.5) is 0 Å². The normalized spacial score (nSPS) is 42.0. The monoisotopic (exact) mass is 306 g/mol. The second kappa shape index (κ2) is 4.23. The summed E-state index contributed by atoms with van der Waals surface area (Å²) in [5.41, 5.74) is 5.60. The van der Waals surface area contributed by atoms with Crippen LogP contribution in [0.1, 0.15) is 34.1 Å². The molecule has 3 aliphatic carbocycles. The van der Waals surface area contributed by atoms with Crippen LogP contribution in [0.2, 0.25) is 0 Å². The van der Waals surface area contributed by atoms with Gasteiger partial charge in [0, 0.05) is 23.7 Å². The Labute approximate surface area is 134 Å². The maximum absolute atomic E-state index is 10.9. The molecule has 7 rings (SSSR count). The Hall–Kier alpha value is -1.68. The summed E-state index contributed by atoms with van der Waals surface area (Å²) in [6, 6.07) is 17.5. The van der Waals surface area contributed by atoms with E-state index in [2.05, 4.69) is 48.5 Å². The highest BCUT2D eigenvalue weighted by atomic mass is 16.7. The van der Waals surface area contributed by atoms with E-state index in [1.54, 1.807) is 0 Å². The van der Waals surface area contributed by atoms with E-state index in [1.807, 2.05) is 0 Å². The third-order valence-electron chi connectivity index (χ3n) is 6.38. The second-order valence-electron chi connectivity index (χ2n) is 7.23. The zero-order chi connectivity index (χ0) is 15.1. The Balaban J connectivity index is 1.66. The molecule has 2 aromatic rings. The Morgan fingerprint density at radius 3 is 1.87 bits per heavy atom. The van der Waals surface area contributed by atoms with Crippen LogP contribution in [-0.2, 0) is 9.47 Å². The molecule has 5 atom stereocenters. The van der Waals surface area contributed by atoms with Crippen LogP contribution in [-0.4, -0.2) is 30.2 Å². The van der Waals surface area contributed by atoms with Gasteiger partial charge in [-0.25, -0.2) is 0 Å². The van der Waals surface area contributed by atoms with Crippen molar-refractivity contribution in [3.8, 4) is 0 Å². The molecule has 0 spiro atoms. The third-order valence-corrected chi connectivity index (χ3v) is 6.38. The number of hydrogen-bond acceptors (Lipinski definition) is 3. The van der Waals surface area contributed by atoms with Gasteiger partial charge in [-0.15, -0.1) is 0 Å². The van der Waals surface area contributed by atoms with Gasteiger partial charge in [-0.2, -0.15) is 0 Å². The first-order valence-corrected chi connectivity index (χ1v) is 8.47. The fourth-order valence-corrected chi connectivity index (χ4v) is 5.65. The van der Waals surface area contributed by atoms with Gasteiger partial charge in [0.05, 0.1) is 12.7 Å². The summed E-state index contributed by atoms with van der Waals surface area (Å²) in [7, 11) is 0. The van der Waals surface area contributed by atoms with Crippen molar-refractivity contribution in [1.82, 2.24) is 0 Å². The van der Waals surface area contributed by atoms with Gasteiger partial charge < -0.3 is 14.6 Å². The zero-order valence-electron chi connectivity index (χ0n) is 12.6. The van der Waals surface area contributed by atoms with Crippen molar-refractivity contribution < 1.29 is 14.6 Å². The van der Waals surface area contributed by atoms with E-state index in [-0.39, 0.29) is 17.9 Å². The highest BCUT2D eigenvalue weighted by Crippen LogP contribution is 2.62. The number of aliphatic hydroxyl groups excluding tert-OH is 1. The lowest BCUT2D eigenvalue weighted by Gasteiger charge is -2.55. The van der Waals surface area contributed by atoms with E-state index in [0.29, 0.717) is 18.4 Å². The summed E-state index contributed by atoms with van der Waals surface area (Å²) < 4.78 is 11.7. The van der Waals surface area contributed by atoms with Gasteiger partial charge in [0.2, 0.25) is 0 Å². The molecule has 0 unspecified atom stereocenters. The van der Waals surface area contributed by atoms with Crippen LogP contribution in [0.5, 0.6) is 0 Å². The maximum atomic E-state index is 10.9. The van der Waals surface area contributed by atoms with Crippen LogP contribution in [0.15, 0.2) is 48.5 Å². The van der Waals surface area contributed by atoms with Gasteiger partial charge >= 0.3 is 0 Å². The Morgan fingerprint density at radius 1 is 0.783 bits per heavy atom. The molecule has 2 aliphatic heterocycles. The van der Waals surface area contributed by atoms with Gasteiger partial charge in [0.15, 0.2) is 6.29 Å². The average Bonchev–Trinajstić information content (AvgIpc) is 3.05. The van der Waals surface area contributed by atoms with Crippen LogP contribution < -0.4 is 0 Å². The zero-order valence-corrected chi connectivity index (χ0v) is 12.6. The molecule has 23 heavy (non-hydrogen) atoms. The predicted octanol–water partition coefficient (Wildman–Crippen LogP) is 2.63. The van der Waals surface area contributed by atoms with Crippen molar-refractivity contribution in [1.29, 1.82) is 0 Å². The molecule has 116 valence electrons. The molecule has 2 heterocycles. The van der Waals surface area contributed by atoms with E-state index in [1.165, 1.54) is 22.3 Å². The molecule has 3 heteroatoms. The fourth-order valence-electron chi connectivity index (χ4n) is 5.65. The summed E-state index contributed by atoms with van der Waals surface area (Å²) in [6.45, 7) is 0.608. The highest BCUT2D eigenvalue weighted by molar-refractivity contribution is 5.57. The van der Waals surface area contributed by atoms with E-state index in [4.69, 9.17) is 9.47 Å². The molecule has 3 nitrogen and oxygen atoms in total. The Kier molecular flexibility index (Phi) is 2.34. The number of fused-ring (bicyclic) bond motifs is 2. The molecular formula is C20H18O3. The fraction of sp³-hybridized carbons (Fsp3) is 0.400. The van der Waals surface area contributed by atoms with Crippen LogP contribution in [0, 0.1) is 11.8 Å². The second-order valence-corrected chi connectivity index (χ2v) is 7.23. The van der Waals surface area contributed by atoms with Crippen LogP contribution in [0.25, 0.3) is 0 Å². The molecule has 0 amide bonds. The summed E-state index contributed by atoms with van der Waals surface area (Å²) >= 11 is 0. The van der Waals surface area contributed by atoms with E-state index in [9.17, 15) is 5.11 Å². The molecule has 5 aliphatic rings. The van der Waals surface area contributed by atoms with Crippen LogP contribution in [0.3, 0.4) is 0 Å². The van der Waals surface area contributed by atoms with Crippen molar-refractivity contribution in [3.63, 3.8) is 0 Å². The first-order chi connectivity index (χ1) is 11.3. The number of rotatable bonds is 0. The number of ether oxygens (including phenoxy) is 2. The molecular weight excluding hydrogens is 288 g/mol. The summed E-state index contributed by atoms with van der Waals surface area (Å²) in [5.74, 6) is 1.05. The smallest absolute Gasteiger partial charge is 0.184 e. The van der Waals surface area contributed by atoms with E-state index in [0.717, 1.165) is 0 Å². The summed E-state index contributed by atoms with van der Waals surface area (Å²) in [5, 5.41) is 10.9. The molecule has 0 aromatic heterocycles. The predicted molar refractivity (Wildman–Crippen MR) is 84.2 cm³/mol. The Bertz CT molecular complexity index is 703.